The number of alkyl halides is 4. The molecule has 0 spiro atoms. The van der Waals surface area contributed by atoms with Gasteiger partial charge in [-0.15, -0.1) is 0 Å². The molecule has 0 atom stereocenters. The first-order valence-corrected chi connectivity index (χ1v) is 5.25. The minimum atomic E-state index is -4.44. The molecule has 72 valence electrons. The number of thiophene rings is 1. The van der Waals surface area contributed by atoms with Crippen LogP contribution in [0.1, 0.15) is 15.9 Å². The third-order valence-corrected chi connectivity index (χ3v) is 2.64. The topological polar surface area (TPSA) is 17.1 Å². The SMILES string of the molecule is O=C(CBr)c1cscc1C(F)(F)F. The van der Waals surface area contributed by atoms with Crippen molar-refractivity contribution in [2.24, 2.45) is 0 Å². The molecule has 0 amide bonds. The second-order valence-electron chi connectivity index (χ2n) is 2.25. The molecule has 0 unspecified atom stereocenters. The number of halogens is 4. The summed E-state index contributed by atoms with van der Waals surface area (Å²) in [5, 5.41) is 2.06. The van der Waals surface area contributed by atoms with E-state index in [1.165, 1.54) is 5.38 Å². The first-order valence-electron chi connectivity index (χ1n) is 3.19. The quantitative estimate of drug-likeness (QED) is 0.596. The minimum Gasteiger partial charge on any atom is -0.293 e. The van der Waals surface area contributed by atoms with Gasteiger partial charge in [0.15, 0.2) is 5.78 Å². The van der Waals surface area contributed by atoms with Crippen LogP contribution in [0.15, 0.2) is 10.8 Å². The van der Waals surface area contributed by atoms with Crippen LogP contribution in [0.4, 0.5) is 13.2 Å². The molecule has 6 heteroatoms. The Labute approximate surface area is 84.7 Å². The molecular formula is C7H4BrF3OS. The lowest BCUT2D eigenvalue weighted by atomic mass is 10.1. The molecular weight excluding hydrogens is 269 g/mol. The van der Waals surface area contributed by atoms with Crippen LogP contribution in [-0.4, -0.2) is 11.1 Å². The van der Waals surface area contributed by atoms with Crippen molar-refractivity contribution in [1.29, 1.82) is 0 Å². The van der Waals surface area contributed by atoms with Crippen LogP contribution in [0.3, 0.4) is 0 Å². The number of rotatable bonds is 2. The Kier molecular flexibility index (Phi) is 3.13. The van der Waals surface area contributed by atoms with Crippen molar-refractivity contribution in [3.05, 3.63) is 21.9 Å². The zero-order valence-corrected chi connectivity index (χ0v) is 8.59. The summed E-state index contributed by atoms with van der Waals surface area (Å²) < 4.78 is 36.7. The van der Waals surface area contributed by atoms with E-state index >= 15 is 0 Å². The maximum absolute atomic E-state index is 12.2. The first kappa shape index (κ1) is 10.7. The van der Waals surface area contributed by atoms with Crippen LogP contribution in [0, 0.1) is 0 Å². The molecule has 0 aromatic carbocycles. The second kappa shape index (κ2) is 3.79. The lowest BCUT2D eigenvalue weighted by Crippen LogP contribution is -2.11. The van der Waals surface area contributed by atoms with Crippen LogP contribution in [0.2, 0.25) is 0 Å². The predicted molar refractivity (Wildman–Crippen MR) is 47.4 cm³/mol. The van der Waals surface area contributed by atoms with Gasteiger partial charge in [0.2, 0.25) is 0 Å². The van der Waals surface area contributed by atoms with E-state index in [-0.39, 0.29) is 10.9 Å². The van der Waals surface area contributed by atoms with E-state index in [4.69, 9.17) is 0 Å². The molecule has 0 saturated carbocycles. The Hall–Kier alpha value is -0.360. The molecule has 0 N–H and O–H groups in total. The number of carbonyl (C=O) groups excluding carboxylic acids is 1. The molecule has 1 rings (SSSR count). The Morgan fingerprint density at radius 3 is 2.54 bits per heavy atom. The Morgan fingerprint density at radius 2 is 2.08 bits per heavy atom. The maximum Gasteiger partial charge on any atom is 0.417 e. The highest BCUT2D eigenvalue weighted by molar-refractivity contribution is 9.09. The highest BCUT2D eigenvalue weighted by Gasteiger charge is 2.35. The Bertz CT molecular complexity index is 318. The molecule has 0 aliphatic carbocycles. The van der Waals surface area contributed by atoms with Crippen LogP contribution in [0.5, 0.6) is 0 Å². The molecule has 1 heterocycles. The van der Waals surface area contributed by atoms with E-state index in [0.717, 1.165) is 16.7 Å². The fourth-order valence-corrected chi connectivity index (χ4v) is 1.97. The van der Waals surface area contributed by atoms with Gasteiger partial charge in [0, 0.05) is 16.3 Å². The zero-order valence-electron chi connectivity index (χ0n) is 6.19. The van der Waals surface area contributed by atoms with Crippen LogP contribution in [0.25, 0.3) is 0 Å². The molecule has 0 radical (unpaired) electrons. The lowest BCUT2D eigenvalue weighted by molar-refractivity contribution is -0.137. The summed E-state index contributed by atoms with van der Waals surface area (Å²) in [5.41, 5.74) is -1.10. The third-order valence-electron chi connectivity index (χ3n) is 1.39. The average molecular weight is 273 g/mol. The van der Waals surface area contributed by atoms with Gasteiger partial charge in [0.05, 0.1) is 10.9 Å². The Balaban J connectivity index is 3.10. The molecule has 0 aliphatic heterocycles. The predicted octanol–water partition coefficient (Wildman–Crippen LogP) is 3.34. The van der Waals surface area contributed by atoms with Gasteiger partial charge < -0.3 is 0 Å². The molecule has 13 heavy (non-hydrogen) atoms. The molecule has 0 bridgehead atoms. The van der Waals surface area contributed by atoms with Crippen molar-refractivity contribution >= 4 is 33.0 Å². The van der Waals surface area contributed by atoms with Gasteiger partial charge in [0.25, 0.3) is 0 Å². The van der Waals surface area contributed by atoms with E-state index in [0.29, 0.717) is 0 Å². The molecule has 1 aromatic rings. The number of carbonyl (C=O) groups is 1. The van der Waals surface area contributed by atoms with Crippen molar-refractivity contribution in [3.63, 3.8) is 0 Å². The maximum atomic E-state index is 12.2. The van der Waals surface area contributed by atoms with Gasteiger partial charge in [-0.2, -0.15) is 24.5 Å². The highest BCUT2D eigenvalue weighted by atomic mass is 79.9. The van der Waals surface area contributed by atoms with Crippen LogP contribution in [-0.2, 0) is 6.18 Å². The summed E-state index contributed by atoms with van der Waals surface area (Å²) in [7, 11) is 0. The monoisotopic (exact) mass is 272 g/mol. The normalized spacial score (nSPS) is 11.7. The van der Waals surface area contributed by atoms with Crippen molar-refractivity contribution < 1.29 is 18.0 Å². The number of Topliss-reactive ketones (excluding diaryl/α,β-unsaturated/α-hetero) is 1. The average Bonchev–Trinajstić information content (AvgIpc) is 2.49. The summed E-state index contributed by atoms with van der Waals surface area (Å²) in [5.74, 6) is -0.548. The van der Waals surface area contributed by atoms with Gasteiger partial charge in [-0.1, -0.05) is 15.9 Å². The molecule has 0 saturated heterocycles. The first-order chi connectivity index (χ1) is 5.96. The van der Waals surface area contributed by atoms with E-state index in [1.54, 1.807) is 0 Å². The van der Waals surface area contributed by atoms with Crippen molar-refractivity contribution in [1.82, 2.24) is 0 Å². The molecule has 0 aliphatic rings. The number of hydrogen-bond donors (Lipinski definition) is 0. The van der Waals surface area contributed by atoms with Gasteiger partial charge in [-0.25, -0.2) is 0 Å². The van der Waals surface area contributed by atoms with Crippen molar-refractivity contribution in [3.8, 4) is 0 Å². The van der Waals surface area contributed by atoms with Gasteiger partial charge in [-0.05, 0) is 0 Å². The Morgan fingerprint density at radius 1 is 1.46 bits per heavy atom. The zero-order chi connectivity index (χ0) is 10.1. The second-order valence-corrected chi connectivity index (χ2v) is 3.56. The number of hydrogen-bond acceptors (Lipinski definition) is 2. The summed E-state index contributed by atoms with van der Waals surface area (Å²) in [4.78, 5) is 11.0. The fourth-order valence-electron chi connectivity index (χ4n) is 0.804. The summed E-state index contributed by atoms with van der Waals surface area (Å²) in [6.07, 6.45) is -4.44. The smallest absolute Gasteiger partial charge is 0.293 e. The molecule has 1 nitrogen and oxygen atoms in total. The van der Waals surface area contributed by atoms with E-state index in [1.807, 2.05) is 0 Å². The minimum absolute atomic E-state index is 0.0905. The van der Waals surface area contributed by atoms with Gasteiger partial charge in [0.1, 0.15) is 0 Å². The summed E-state index contributed by atoms with van der Waals surface area (Å²) in [6.45, 7) is 0. The van der Waals surface area contributed by atoms with Crippen LogP contribution < -0.4 is 0 Å². The fraction of sp³-hybridized carbons (Fsp3) is 0.286. The van der Waals surface area contributed by atoms with Crippen molar-refractivity contribution in [2.45, 2.75) is 6.18 Å². The van der Waals surface area contributed by atoms with Crippen LogP contribution >= 0.6 is 27.3 Å². The highest BCUT2D eigenvalue weighted by Crippen LogP contribution is 2.34. The molecule has 1 aromatic heterocycles. The summed E-state index contributed by atoms with van der Waals surface area (Å²) in [6, 6.07) is 0. The largest absolute Gasteiger partial charge is 0.417 e. The summed E-state index contributed by atoms with van der Waals surface area (Å²) >= 11 is 3.70. The third kappa shape index (κ3) is 2.31. The van der Waals surface area contributed by atoms with E-state index in [9.17, 15) is 18.0 Å². The molecule has 0 fully saturated rings. The van der Waals surface area contributed by atoms with E-state index in [2.05, 4.69) is 15.9 Å². The number of ketones is 1. The van der Waals surface area contributed by atoms with Gasteiger partial charge >= 0.3 is 6.18 Å². The van der Waals surface area contributed by atoms with E-state index < -0.39 is 17.5 Å². The van der Waals surface area contributed by atoms with Crippen molar-refractivity contribution in [2.75, 3.05) is 5.33 Å². The van der Waals surface area contributed by atoms with Gasteiger partial charge in [-0.3, -0.25) is 4.79 Å². The standard InChI is InChI=1S/C7H4BrF3OS/c8-1-6(12)4-2-13-3-5(4)7(9,10)11/h2-3H,1H2. The lowest BCUT2D eigenvalue weighted by Gasteiger charge is -2.05.